The molecular formula is C13H21LiO6SSi. The molecule has 0 saturated heterocycles. The van der Waals surface area contributed by atoms with Crippen LogP contribution in [-0.4, -0.2) is 51.0 Å². The number of benzene rings is 1. The summed E-state index contributed by atoms with van der Waals surface area (Å²) in [6.07, 6.45) is 0. The Morgan fingerprint density at radius 3 is 2.09 bits per heavy atom. The topological polar surface area (TPSA) is 101 Å². The number of aromatic carboxylic acids is 1. The number of hydrogen-bond donors (Lipinski definition) is 2. The number of para-hydroxylation sites is 1. The Morgan fingerprint density at radius 1 is 1.23 bits per heavy atom. The number of carboxylic acids is 1. The van der Waals surface area contributed by atoms with Crippen molar-refractivity contribution >= 4 is 48.5 Å². The van der Waals surface area contributed by atoms with Gasteiger partial charge in [-0.25, -0.2) is 4.79 Å². The minimum atomic E-state index is -4.80. The van der Waals surface area contributed by atoms with Gasteiger partial charge in [0.25, 0.3) is 0 Å². The van der Waals surface area contributed by atoms with Gasteiger partial charge in [-0.15, -0.1) is 0 Å². The summed E-state index contributed by atoms with van der Waals surface area (Å²) in [4.78, 5) is 11.3. The van der Waals surface area contributed by atoms with Crippen molar-refractivity contribution < 1.29 is 27.1 Å². The zero-order valence-electron chi connectivity index (χ0n) is 12.7. The average Bonchev–Trinajstić information content (AvgIpc) is 2.24. The molecule has 0 saturated carbocycles. The van der Waals surface area contributed by atoms with Crippen molar-refractivity contribution in [3.63, 3.8) is 0 Å². The second-order valence-electron chi connectivity index (χ2n) is 6.37. The molecule has 22 heavy (non-hydrogen) atoms. The second-order valence-corrected chi connectivity index (χ2v) is 12.7. The van der Waals surface area contributed by atoms with Gasteiger partial charge < -0.3 is 9.29 Å². The summed E-state index contributed by atoms with van der Waals surface area (Å²) in [7, 11) is -7.07. The molecule has 0 amide bonds. The fourth-order valence-electron chi connectivity index (χ4n) is 1.80. The van der Waals surface area contributed by atoms with Gasteiger partial charge in [0.1, 0.15) is 5.56 Å². The van der Waals surface area contributed by atoms with Crippen molar-refractivity contribution in [3.05, 3.63) is 23.8 Å². The van der Waals surface area contributed by atoms with Gasteiger partial charge in [-0.05, 0) is 16.3 Å². The molecule has 0 aliphatic rings. The molecule has 0 bridgehead atoms. The fraction of sp³-hybridized carbons (Fsp3) is 0.462. The zero-order valence-corrected chi connectivity index (χ0v) is 14.5. The molecule has 0 fully saturated rings. The third kappa shape index (κ3) is 4.60. The molecule has 0 heterocycles. The summed E-state index contributed by atoms with van der Waals surface area (Å²) >= 11 is 0. The molecule has 120 valence electrons. The van der Waals surface area contributed by atoms with Gasteiger partial charge >= 0.3 is 35.2 Å². The van der Waals surface area contributed by atoms with Crippen LogP contribution in [0.25, 0.3) is 0 Å². The third-order valence-electron chi connectivity index (χ3n) is 3.98. The van der Waals surface area contributed by atoms with Gasteiger partial charge in [-0.2, -0.15) is 8.42 Å². The molecule has 0 aromatic heterocycles. The molecule has 1 rings (SSSR count). The van der Waals surface area contributed by atoms with Crippen LogP contribution in [0.5, 0.6) is 5.75 Å². The van der Waals surface area contributed by atoms with Gasteiger partial charge in [0.05, 0.1) is 8.07 Å². The van der Waals surface area contributed by atoms with Crippen LogP contribution in [0.2, 0.25) is 18.1 Å². The Kier molecular flexibility index (Phi) is 6.52. The van der Waals surface area contributed by atoms with E-state index in [1.165, 1.54) is 6.07 Å². The Balaban J connectivity index is 0.00000441. The molecular weight excluding hydrogens is 319 g/mol. The first-order valence-corrected chi connectivity index (χ1v) is 10.7. The third-order valence-corrected chi connectivity index (χ3v) is 9.85. The minimum absolute atomic E-state index is 0. The first-order valence-electron chi connectivity index (χ1n) is 6.31. The molecule has 0 aliphatic heterocycles. The number of hydrogen-bond acceptors (Lipinski definition) is 4. The SMILES string of the molecule is CC(C)(C)[Si](C)(C)c1cccc(C(=O)O)c1OS(=O)(=O)O.[LiH]. The van der Waals surface area contributed by atoms with Gasteiger partial charge in [-0.1, -0.05) is 46.0 Å². The maximum atomic E-state index is 11.3. The van der Waals surface area contributed by atoms with E-state index >= 15 is 0 Å². The molecule has 0 spiro atoms. The van der Waals surface area contributed by atoms with Crippen LogP contribution in [-0.2, 0) is 10.4 Å². The summed E-state index contributed by atoms with van der Waals surface area (Å²) in [5.74, 6) is -1.60. The van der Waals surface area contributed by atoms with Crippen molar-refractivity contribution in [2.24, 2.45) is 0 Å². The van der Waals surface area contributed by atoms with Gasteiger partial charge in [-0.3, -0.25) is 4.55 Å². The molecule has 0 unspecified atom stereocenters. The van der Waals surface area contributed by atoms with Crippen LogP contribution in [0.15, 0.2) is 18.2 Å². The van der Waals surface area contributed by atoms with Gasteiger partial charge in [0.15, 0.2) is 5.75 Å². The normalized spacial score (nSPS) is 12.5. The van der Waals surface area contributed by atoms with E-state index in [-0.39, 0.29) is 35.2 Å². The molecule has 1 aromatic carbocycles. The summed E-state index contributed by atoms with van der Waals surface area (Å²) in [5.41, 5.74) is -0.282. The molecule has 1 aromatic rings. The fourth-order valence-corrected chi connectivity index (χ4v) is 4.34. The summed E-state index contributed by atoms with van der Waals surface area (Å²) < 4.78 is 35.7. The van der Waals surface area contributed by atoms with E-state index in [4.69, 9.17) is 4.55 Å². The van der Waals surface area contributed by atoms with E-state index in [9.17, 15) is 18.3 Å². The Labute approximate surface area is 144 Å². The van der Waals surface area contributed by atoms with Crippen molar-refractivity contribution in [2.75, 3.05) is 0 Å². The molecule has 0 radical (unpaired) electrons. The number of carboxylic acid groups (broad SMARTS) is 1. The van der Waals surface area contributed by atoms with E-state index in [0.29, 0.717) is 5.19 Å². The van der Waals surface area contributed by atoms with Crippen LogP contribution in [0.4, 0.5) is 0 Å². The van der Waals surface area contributed by atoms with Crippen LogP contribution >= 0.6 is 0 Å². The summed E-state index contributed by atoms with van der Waals surface area (Å²) in [6, 6.07) is 4.46. The Bertz CT molecular complexity index is 664. The predicted octanol–water partition coefficient (Wildman–Crippen LogP) is 1.63. The monoisotopic (exact) mass is 340 g/mol. The van der Waals surface area contributed by atoms with Crippen molar-refractivity contribution in [1.82, 2.24) is 0 Å². The zero-order chi connectivity index (χ0) is 16.6. The van der Waals surface area contributed by atoms with E-state index < -0.39 is 24.4 Å². The molecule has 6 nitrogen and oxygen atoms in total. The molecule has 9 heteroatoms. The Hall–Kier alpha value is -0.786. The van der Waals surface area contributed by atoms with Crippen molar-refractivity contribution in [2.45, 2.75) is 38.9 Å². The standard InChI is InChI=1S/C13H20O6SSi.Li.H/c1-13(2,3)21(4,5)10-8-6-7-9(12(14)15)11(10)19-20(16,17)18;;/h6-8H,1-5H3,(H,14,15)(H,16,17,18);;. The predicted molar refractivity (Wildman–Crippen MR) is 89.6 cm³/mol. The summed E-state index contributed by atoms with van der Waals surface area (Å²) in [5, 5.41) is 9.58. The van der Waals surface area contributed by atoms with Crippen LogP contribution < -0.4 is 9.37 Å². The van der Waals surface area contributed by atoms with Crippen LogP contribution in [0.3, 0.4) is 0 Å². The average molecular weight is 340 g/mol. The molecule has 0 aliphatic carbocycles. The molecule has 2 N–H and O–H groups in total. The van der Waals surface area contributed by atoms with E-state index in [1.54, 1.807) is 12.1 Å². The van der Waals surface area contributed by atoms with Gasteiger partial charge in [0.2, 0.25) is 0 Å². The molecule has 0 atom stereocenters. The Morgan fingerprint density at radius 2 is 1.73 bits per heavy atom. The maximum absolute atomic E-state index is 11.3. The van der Waals surface area contributed by atoms with Crippen molar-refractivity contribution in [1.29, 1.82) is 0 Å². The first-order chi connectivity index (χ1) is 9.27. The van der Waals surface area contributed by atoms with Crippen molar-refractivity contribution in [3.8, 4) is 5.75 Å². The van der Waals surface area contributed by atoms with Crippen LogP contribution in [0, 0.1) is 0 Å². The first kappa shape index (κ1) is 21.2. The van der Waals surface area contributed by atoms with Crippen LogP contribution in [0.1, 0.15) is 31.1 Å². The van der Waals surface area contributed by atoms with Gasteiger partial charge in [0, 0.05) is 0 Å². The summed E-state index contributed by atoms with van der Waals surface area (Å²) in [6.45, 7) is 9.99. The second kappa shape index (κ2) is 6.76. The number of carbonyl (C=O) groups is 1. The quantitative estimate of drug-likeness (QED) is 0.638. The number of rotatable bonds is 4. The van der Waals surface area contributed by atoms with E-state index in [0.717, 1.165) is 0 Å². The van der Waals surface area contributed by atoms with E-state index in [1.807, 2.05) is 33.9 Å². The van der Waals surface area contributed by atoms with E-state index in [2.05, 4.69) is 4.18 Å².